The largest absolute Gasteiger partial charge is 0.497 e. The van der Waals surface area contributed by atoms with Crippen molar-refractivity contribution in [1.29, 1.82) is 0 Å². The molecule has 0 aliphatic carbocycles. The molecule has 1 aromatic rings. The number of amides is 2. The lowest BCUT2D eigenvalue weighted by Crippen LogP contribution is -2.45. The SMILES string of the molecule is CNC(=O)C1CCC(=O)N(C)C1c1ccc(OC)cc1. The minimum Gasteiger partial charge on any atom is -0.497 e. The number of hydrogen-bond donors (Lipinski definition) is 1. The Labute approximate surface area is 118 Å². The Hall–Kier alpha value is -2.04. The highest BCUT2D eigenvalue weighted by Crippen LogP contribution is 2.36. The molecule has 2 amide bonds. The van der Waals surface area contributed by atoms with Gasteiger partial charge >= 0.3 is 0 Å². The summed E-state index contributed by atoms with van der Waals surface area (Å²) in [5.74, 6) is 0.599. The van der Waals surface area contributed by atoms with Gasteiger partial charge in [0, 0.05) is 20.5 Å². The molecule has 108 valence electrons. The van der Waals surface area contributed by atoms with Crippen LogP contribution in [0.4, 0.5) is 0 Å². The van der Waals surface area contributed by atoms with Crippen LogP contribution in [-0.4, -0.2) is 37.9 Å². The normalized spacial score (nSPS) is 22.6. The fourth-order valence-electron chi connectivity index (χ4n) is 2.76. The first-order valence-corrected chi connectivity index (χ1v) is 6.69. The number of benzene rings is 1. The zero-order chi connectivity index (χ0) is 14.7. The third kappa shape index (κ3) is 2.61. The maximum Gasteiger partial charge on any atom is 0.225 e. The fraction of sp³-hybridized carbons (Fsp3) is 0.467. The molecular weight excluding hydrogens is 256 g/mol. The first-order chi connectivity index (χ1) is 9.58. The summed E-state index contributed by atoms with van der Waals surface area (Å²) in [4.78, 5) is 25.7. The molecule has 1 aliphatic heterocycles. The third-order valence-electron chi connectivity index (χ3n) is 3.90. The number of rotatable bonds is 3. The highest BCUT2D eigenvalue weighted by molar-refractivity contribution is 5.84. The average molecular weight is 276 g/mol. The monoisotopic (exact) mass is 276 g/mol. The highest BCUT2D eigenvalue weighted by atomic mass is 16.5. The van der Waals surface area contributed by atoms with Gasteiger partial charge in [0.2, 0.25) is 11.8 Å². The van der Waals surface area contributed by atoms with Crippen LogP contribution in [0.25, 0.3) is 0 Å². The van der Waals surface area contributed by atoms with E-state index < -0.39 is 0 Å². The summed E-state index contributed by atoms with van der Waals surface area (Å²) < 4.78 is 5.14. The Bertz CT molecular complexity index is 498. The van der Waals surface area contributed by atoms with E-state index in [2.05, 4.69) is 5.32 Å². The molecule has 2 rings (SSSR count). The van der Waals surface area contributed by atoms with Crippen LogP contribution in [0.2, 0.25) is 0 Å². The number of carbonyl (C=O) groups is 2. The molecule has 1 N–H and O–H groups in total. The molecule has 5 nitrogen and oxygen atoms in total. The van der Waals surface area contributed by atoms with E-state index >= 15 is 0 Å². The Morgan fingerprint density at radius 2 is 2.00 bits per heavy atom. The summed E-state index contributed by atoms with van der Waals surface area (Å²) in [7, 11) is 4.99. The molecule has 1 aliphatic rings. The average Bonchev–Trinajstić information content (AvgIpc) is 2.49. The lowest BCUT2D eigenvalue weighted by molar-refractivity contribution is -0.141. The number of hydrogen-bond acceptors (Lipinski definition) is 3. The minimum atomic E-state index is -0.220. The van der Waals surface area contributed by atoms with Gasteiger partial charge in [0.25, 0.3) is 0 Å². The molecule has 5 heteroatoms. The van der Waals surface area contributed by atoms with Crippen molar-refractivity contribution in [3.63, 3.8) is 0 Å². The van der Waals surface area contributed by atoms with Gasteiger partial charge in [0.15, 0.2) is 0 Å². The lowest BCUT2D eigenvalue weighted by atomic mass is 9.84. The van der Waals surface area contributed by atoms with Crippen molar-refractivity contribution in [2.75, 3.05) is 21.2 Å². The van der Waals surface area contributed by atoms with Crippen LogP contribution in [0.3, 0.4) is 0 Å². The van der Waals surface area contributed by atoms with Crippen LogP contribution in [0.1, 0.15) is 24.4 Å². The summed E-state index contributed by atoms with van der Waals surface area (Å²) in [6, 6.07) is 7.30. The molecule has 2 atom stereocenters. The van der Waals surface area contributed by atoms with Crippen LogP contribution in [-0.2, 0) is 9.59 Å². The molecule has 0 saturated carbocycles. The van der Waals surface area contributed by atoms with Crippen LogP contribution >= 0.6 is 0 Å². The molecule has 1 heterocycles. The summed E-state index contributed by atoms with van der Waals surface area (Å²) in [5, 5.41) is 2.69. The standard InChI is InChI=1S/C15H20N2O3/c1-16-15(19)12-8-9-13(18)17(2)14(12)10-4-6-11(20-3)7-5-10/h4-7,12,14H,8-9H2,1-3H3,(H,16,19). The molecule has 1 aromatic carbocycles. The van der Waals surface area contributed by atoms with Gasteiger partial charge in [-0.2, -0.15) is 0 Å². The van der Waals surface area contributed by atoms with Crippen molar-refractivity contribution in [2.45, 2.75) is 18.9 Å². The first-order valence-electron chi connectivity index (χ1n) is 6.69. The molecule has 0 aromatic heterocycles. The van der Waals surface area contributed by atoms with Crippen molar-refractivity contribution in [3.05, 3.63) is 29.8 Å². The predicted octanol–water partition coefficient (Wildman–Crippen LogP) is 1.35. The van der Waals surface area contributed by atoms with Gasteiger partial charge < -0.3 is 15.0 Å². The van der Waals surface area contributed by atoms with Gasteiger partial charge in [-0.3, -0.25) is 9.59 Å². The van der Waals surface area contributed by atoms with E-state index in [1.807, 2.05) is 24.3 Å². The second-order valence-electron chi connectivity index (χ2n) is 4.98. The van der Waals surface area contributed by atoms with E-state index in [0.717, 1.165) is 11.3 Å². The van der Waals surface area contributed by atoms with Crippen molar-refractivity contribution < 1.29 is 14.3 Å². The zero-order valence-corrected chi connectivity index (χ0v) is 12.1. The number of carbonyl (C=O) groups excluding carboxylic acids is 2. The molecule has 0 radical (unpaired) electrons. The molecule has 0 bridgehead atoms. The Morgan fingerprint density at radius 3 is 2.55 bits per heavy atom. The predicted molar refractivity (Wildman–Crippen MR) is 75.3 cm³/mol. The third-order valence-corrected chi connectivity index (χ3v) is 3.90. The summed E-state index contributed by atoms with van der Waals surface area (Å²) in [5.41, 5.74) is 0.954. The maximum absolute atomic E-state index is 12.1. The van der Waals surface area contributed by atoms with Gasteiger partial charge in [-0.05, 0) is 24.1 Å². The van der Waals surface area contributed by atoms with Crippen molar-refractivity contribution >= 4 is 11.8 Å². The molecule has 1 saturated heterocycles. The van der Waals surface area contributed by atoms with Gasteiger partial charge in [0.05, 0.1) is 19.1 Å². The van der Waals surface area contributed by atoms with Gasteiger partial charge in [-0.1, -0.05) is 12.1 Å². The Kier molecular flexibility index (Phi) is 4.27. The van der Waals surface area contributed by atoms with Gasteiger partial charge in [-0.25, -0.2) is 0 Å². The number of ether oxygens (including phenoxy) is 1. The molecule has 2 unspecified atom stereocenters. The topological polar surface area (TPSA) is 58.6 Å². The van der Waals surface area contributed by atoms with Crippen molar-refractivity contribution in [1.82, 2.24) is 10.2 Å². The van der Waals surface area contributed by atoms with E-state index in [0.29, 0.717) is 12.8 Å². The second-order valence-corrected chi connectivity index (χ2v) is 4.98. The fourth-order valence-corrected chi connectivity index (χ4v) is 2.76. The number of nitrogens with one attached hydrogen (secondary N) is 1. The Balaban J connectivity index is 2.34. The number of methoxy groups -OCH3 is 1. The molecule has 0 spiro atoms. The van der Waals surface area contributed by atoms with E-state index in [9.17, 15) is 9.59 Å². The van der Waals surface area contributed by atoms with Crippen molar-refractivity contribution in [3.8, 4) is 5.75 Å². The number of nitrogens with zero attached hydrogens (tertiary/aromatic N) is 1. The quantitative estimate of drug-likeness (QED) is 0.906. The van der Waals surface area contributed by atoms with Crippen LogP contribution in [0.5, 0.6) is 5.75 Å². The van der Waals surface area contributed by atoms with E-state index in [1.165, 1.54) is 0 Å². The summed E-state index contributed by atoms with van der Waals surface area (Å²) in [6.07, 6.45) is 1.00. The smallest absolute Gasteiger partial charge is 0.225 e. The molecular formula is C15H20N2O3. The number of likely N-dealkylation sites (tertiary alicyclic amines) is 1. The van der Waals surface area contributed by atoms with E-state index in [-0.39, 0.29) is 23.8 Å². The Morgan fingerprint density at radius 1 is 1.35 bits per heavy atom. The van der Waals surface area contributed by atoms with Crippen LogP contribution in [0.15, 0.2) is 24.3 Å². The first kappa shape index (κ1) is 14.4. The minimum absolute atomic E-state index is 0.0230. The van der Waals surface area contributed by atoms with Crippen molar-refractivity contribution in [2.24, 2.45) is 5.92 Å². The number of piperidine rings is 1. The summed E-state index contributed by atoms with van der Waals surface area (Å²) in [6.45, 7) is 0. The second kappa shape index (κ2) is 5.94. The zero-order valence-electron chi connectivity index (χ0n) is 12.1. The van der Waals surface area contributed by atoms with E-state index in [1.54, 1.807) is 26.1 Å². The summed E-state index contributed by atoms with van der Waals surface area (Å²) >= 11 is 0. The van der Waals surface area contributed by atoms with Crippen LogP contribution < -0.4 is 10.1 Å². The molecule has 20 heavy (non-hydrogen) atoms. The van der Waals surface area contributed by atoms with Gasteiger partial charge in [0.1, 0.15) is 5.75 Å². The van der Waals surface area contributed by atoms with Crippen LogP contribution in [0, 0.1) is 5.92 Å². The maximum atomic E-state index is 12.1. The highest BCUT2D eigenvalue weighted by Gasteiger charge is 2.38. The van der Waals surface area contributed by atoms with E-state index in [4.69, 9.17) is 4.74 Å². The lowest BCUT2D eigenvalue weighted by Gasteiger charge is -2.38. The molecule has 1 fully saturated rings. The van der Waals surface area contributed by atoms with Gasteiger partial charge in [-0.15, -0.1) is 0 Å².